The molecule has 0 N–H and O–H groups in total. The smallest absolute Gasteiger partial charge is 0.143 e. The van der Waals surface area contributed by atoms with Crippen LogP contribution in [0, 0.1) is 17.8 Å². The van der Waals surface area contributed by atoms with Gasteiger partial charge in [-0.3, -0.25) is 4.90 Å². The zero-order valence-electron chi connectivity index (χ0n) is 14.8. The molecule has 3 fully saturated rings. The van der Waals surface area contributed by atoms with Gasteiger partial charge in [0, 0.05) is 19.6 Å². The normalized spacial score (nSPS) is 27.8. The van der Waals surface area contributed by atoms with Crippen molar-refractivity contribution in [1.82, 2.24) is 4.90 Å². The van der Waals surface area contributed by atoms with Crippen molar-refractivity contribution in [2.45, 2.75) is 24.4 Å². The highest BCUT2D eigenvalue weighted by atomic mass is 16.5. The summed E-state index contributed by atoms with van der Waals surface area (Å²) in [5.41, 5.74) is 2.18. The third-order valence-corrected chi connectivity index (χ3v) is 5.76. The topological polar surface area (TPSA) is 12.5 Å². The lowest BCUT2D eigenvalue weighted by molar-refractivity contribution is -0.0962. The zero-order chi connectivity index (χ0) is 17.1. The van der Waals surface area contributed by atoms with Crippen LogP contribution in [0.5, 0.6) is 0 Å². The number of nitrogens with zero attached hydrogens (tertiary/aromatic N) is 1. The molecule has 0 aromatic heterocycles. The monoisotopic (exact) mass is 331 g/mol. The van der Waals surface area contributed by atoms with Gasteiger partial charge in [-0.2, -0.15) is 0 Å². The Morgan fingerprint density at radius 2 is 1.52 bits per heavy atom. The fourth-order valence-electron chi connectivity index (χ4n) is 4.29. The van der Waals surface area contributed by atoms with Crippen LogP contribution in [0.1, 0.15) is 29.9 Å². The van der Waals surface area contributed by atoms with Crippen molar-refractivity contribution in [2.24, 2.45) is 5.92 Å². The van der Waals surface area contributed by atoms with E-state index >= 15 is 0 Å². The minimum Gasteiger partial charge on any atom is -0.364 e. The standard InChI is InChI=1S/C23H25NO/c1-25-23(18-24-16-13-21(23)14-17-24)15-12-22(19-8-4-2-5-9-19)20-10-6-3-7-11-20/h2-11,21-22H,13-14,16-18H2,1H3/t23-/m1/s1. The van der Waals surface area contributed by atoms with Crippen LogP contribution in [0.4, 0.5) is 0 Å². The van der Waals surface area contributed by atoms with E-state index in [1.807, 2.05) is 7.11 Å². The minimum atomic E-state index is -0.307. The SMILES string of the molecule is CO[C@]1(C#CC(c2ccccc2)c2ccccc2)CN2CCC1CC2. The number of ether oxygens (including phenoxy) is 1. The number of rotatable bonds is 3. The molecule has 3 aliphatic rings. The van der Waals surface area contributed by atoms with Crippen LogP contribution >= 0.6 is 0 Å². The van der Waals surface area contributed by atoms with E-state index in [2.05, 4.69) is 77.4 Å². The van der Waals surface area contributed by atoms with Crippen LogP contribution in [0.25, 0.3) is 0 Å². The van der Waals surface area contributed by atoms with E-state index in [1.54, 1.807) is 0 Å². The van der Waals surface area contributed by atoms with Gasteiger partial charge in [0.25, 0.3) is 0 Å². The molecule has 3 heterocycles. The third-order valence-electron chi connectivity index (χ3n) is 5.76. The summed E-state index contributed by atoms with van der Waals surface area (Å²) in [6, 6.07) is 21.2. The van der Waals surface area contributed by atoms with Crippen molar-refractivity contribution in [3.05, 3.63) is 71.8 Å². The van der Waals surface area contributed by atoms with Crippen molar-refractivity contribution in [1.29, 1.82) is 0 Å². The number of hydrogen-bond donors (Lipinski definition) is 0. The first kappa shape index (κ1) is 16.4. The van der Waals surface area contributed by atoms with Crippen molar-refractivity contribution in [3.63, 3.8) is 0 Å². The summed E-state index contributed by atoms with van der Waals surface area (Å²) in [6.45, 7) is 3.33. The Balaban J connectivity index is 1.71. The highest BCUT2D eigenvalue weighted by Crippen LogP contribution is 2.38. The van der Waals surface area contributed by atoms with Gasteiger partial charge < -0.3 is 4.74 Å². The summed E-state index contributed by atoms with van der Waals surface area (Å²) in [4.78, 5) is 2.50. The molecule has 2 heteroatoms. The van der Waals surface area contributed by atoms with Gasteiger partial charge in [0.15, 0.2) is 0 Å². The lowest BCUT2D eigenvalue weighted by Gasteiger charge is -2.49. The minimum absolute atomic E-state index is 0.0879. The van der Waals surface area contributed by atoms with Crippen molar-refractivity contribution >= 4 is 0 Å². The van der Waals surface area contributed by atoms with E-state index in [0.29, 0.717) is 5.92 Å². The summed E-state index contributed by atoms with van der Waals surface area (Å²) in [5, 5.41) is 0. The molecule has 0 aliphatic carbocycles. The second kappa shape index (κ2) is 7.04. The van der Waals surface area contributed by atoms with E-state index in [9.17, 15) is 0 Å². The number of methoxy groups -OCH3 is 1. The van der Waals surface area contributed by atoms with Crippen LogP contribution in [-0.2, 0) is 4.74 Å². The summed E-state index contributed by atoms with van der Waals surface area (Å²) in [6.07, 6.45) is 2.40. The first-order valence-electron chi connectivity index (χ1n) is 9.21. The lowest BCUT2D eigenvalue weighted by atomic mass is 9.75. The van der Waals surface area contributed by atoms with Crippen LogP contribution in [-0.4, -0.2) is 37.2 Å². The van der Waals surface area contributed by atoms with Gasteiger partial charge >= 0.3 is 0 Å². The molecule has 0 amide bonds. The summed E-state index contributed by atoms with van der Waals surface area (Å²) in [7, 11) is 1.83. The molecular weight excluding hydrogens is 306 g/mol. The Labute approximate surface area is 150 Å². The van der Waals surface area contributed by atoms with E-state index in [1.165, 1.54) is 37.1 Å². The van der Waals surface area contributed by atoms with Crippen molar-refractivity contribution in [2.75, 3.05) is 26.7 Å². The molecule has 2 aromatic rings. The van der Waals surface area contributed by atoms with Gasteiger partial charge in [-0.15, -0.1) is 0 Å². The zero-order valence-corrected chi connectivity index (χ0v) is 14.8. The molecule has 5 rings (SSSR count). The number of benzene rings is 2. The molecule has 3 aliphatic heterocycles. The van der Waals surface area contributed by atoms with Gasteiger partial charge in [-0.1, -0.05) is 72.5 Å². The van der Waals surface area contributed by atoms with Gasteiger partial charge in [0.2, 0.25) is 0 Å². The van der Waals surface area contributed by atoms with Crippen LogP contribution < -0.4 is 0 Å². The average molecular weight is 331 g/mol. The highest BCUT2D eigenvalue weighted by Gasteiger charge is 2.46. The average Bonchev–Trinajstić information content (AvgIpc) is 2.71. The fraction of sp³-hybridized carbons (Fsp3) is 0.391. The summed E-state index contributed by atoms with van der Waals surface area (Å²) in [5.74, 6) is 7.84. The largest absolute Gasteiger partial charge is 0.364 e. The number of piperidine rings is 3. The maximum absolute atomic E-state index is 6.02. The van der Waals surface area contributed by atoms with Crippen LogP contribution in [0.2, 0.25) is 0 Å². The van der Waals surface area contributed by atoms with Gasteiger partial charge in [0.1, 0.15) is 5.60 Å². The molecule has 1 atom stereocenters. The molecule has 0 unspecified atom stereocenters. The Hall–Kier alpha value is -2.08. The Morgan fingerprint density at radius 1 is 0.960 bits per heavy atom. The third kappa shape index (κ3) is 3.23. The lowest BCUT2D eigenvalue weighted by Crippen LogP contribution is -2.59. The maximum atomic E-state index is 6.02. The van der Waals surface area contributed by atoms with Crippen molar-refractivity contribution < 1.29 is 4.74 Å². The maximum Gasteiger partial charge on any atom is 0.143 e. The fourth-order valence-corrected chi connectivity index (χ4v) is 4.29. The predicted octanol–water partition coefficient (Wildman–Crippen LogP) is 3.93. The number of hydrogen-bond acceptors (Lipinski definition) is 2. The molecule has 25 heavy (non-hydrogen) atoms. The van der Waals surface area contributed by atoms with E-state index in [-0.39, 0.29) is 11.5 Å². The van der Waals surface area contributed by atoms with E-state index in [0.717, 1.165) is 6.54 Å². The quantitative estimate of drug-likeness (QED) is 0.790. The van der Waals surface area contributed by atoms with Gasteiger partial charge in [-0.05, 0) is 37.1 Å². The first-order chi connectivity index (χ1) is 12.3. The molecule has 0 saturated carbocycles. The van der Waals surface area contributed by atoms with Gasteiger partial charge in [0.05, 0.1) is 5.92 Å². The molecule has 2 aromatic carbocycles. The molecular formula is C23H25NO. The Kier molecular flexibility index (Phi) is 4.61. The molecule has 3 saturated heterocycles. The van der Waals surface area contributed by atoms with Gasteiger partial charge in [-0.25, -0.2) is 0 Å². The molecule has 0 spiro atoms. The first-order valence-corrected chi connectivity index (χ1v) is 9.21. The summed E-state index contributed by atoms with van der Waals surface area (Å²) < 4.78 is 6.02. The molecule has 2 nitrogen and oxygen atoms in total. The number of fused-ring (bicyclic) bond motifs is 3. The second-order valence-corrected chi connectivity index (χ2v) is 7.17. The Bertz CT molecular complexity index is 713. The van der Waals surface area contributed by atoms with Crippen LogP contribution in [0.3, 0.4) is 0 Å². The van der Waals surface area contributed by atoms with Crippen molar-refractivity contribution in [3.8, 4) is 11.8 Å². The Morgan fingerprint density at radius 3 is 1.96 bits per heavy atom. The summed E-state index contributed by atoms with van der Waals surface area (Å²) >= 11 is 0. The highest BCUT2D eigenvalue weighted by molar-refractivity contribution is 5.41. The molecule has 128 valence electrons. The van der Waals surface area contributed by atoms with E-state index < -0.39 is 0 Å². The van der Waals surface area contributed by atoms with E-state index in [4.69, 9.17) is 4.74 Å². The second-order valence-electron chi connectivity index (χ2n) is 7.17. The predicted molar refractivity (Wildman–Crippen MR) is 101 cm³/mol. The molecule has 2 bridgehead atoms. The van der Waals surface area contributed by atoms with Crippen LogP contribution in [0.15, 0.2) is 60.7 Å². The molecule has 0 radical (unpaired) electrons.